The SMILES string of the molecule is C/C(=C\[N+](=O)[O-])[C@@H]1CC[C@@H](C)C(=O)C1. The predicted octanol–water partition coefficient (Wildman–Crippen LogP) is 2.17. The van der Waals surface area contributed by atoms with Gasteiger partial charge in [0.2, 0.25) is 6.20 Å². The van der Waals surface area contributed by atoms with Crippen molar-refractivity contribution in [3.63, 3.8) is 0 Å². The summed E-state index contributed by atoms with van der Waals surface area (Å²) in [5.74, 6) is 0.455. The minimum Gasteiger partial charge on any atom is -0.299 e. The van der Waals surface area contributed by atoms with E-state index in [1.165, 1.54) is 0 Å². The summed E-state index contributed by atoms with van der Waals surface area (Å²) in [6.07, 6.45) is 3.24. The van der Waals surface area contributed by atoms with Crippen LogP contribution >= 0.6 is 0 Å². The molecule has 0 radical (unpaired) electrons. The van der Waals surface area contributed by atoms with Crippen LogP contribution in [0.25, 0.3) is 0 Å². The van der Waals surface area contributed by atoms with E-state index in [9.17, 15) is 14.9 Å². The first-order valence-electron chi connectivity index (χ1n) is 4.85. The lowest BCUT2D eigenvalue weighted by molar-refractivity contribution is -0.403. The molecule has 14 heavy (non-hydrogen) atoms. The van der Waals surface area contributed by atoms with Crippen molar-refractivity contribution in [1.82, 2.24) is 0 Å². The van der Waals surface area contributed by atoms with E-state index in [1.54, 1.807) is 6.92 Å². The molecule has 0 amide bonds. The van der Waals surface area contributed by atoms with E-state index in [4.69, 9.17) is 0 Å². The number of allylic oxidation sites excluding steroid dienone is 1. The van der Waals surface area contributed by atoms with Crippen molar-refractivity contribution in [3.8, 4) is 0 Å². The average Bonchev–Trinajstić information content (AvgIpc) is 2.08. The smallest absolute Gasteiger partial charge is 0.233 e. The Morgan fingerprint density at radius 3 is 2.71 bits per heavy atom. The lowest BCUT2D eigenvalue weighted by Gasteiger charge is -2.24. The van der Waals surface area contributed by atoms with E-state index in [2.05, 4.69) is 0 Å². The minimum atomic E-state index is -0.447. The standard InChI is InChI=1S/C10H15NO3/c1-7-3-4-9(5-10(7)12)8(2)6-11(13)14/h6-7,9H,3-5H2,1-2H3/b8-6+/t7-,9-/m1/s1. The summed E-state index contributed by atoms with van der Waals surface area (Å²) >= 11 is 0. The summed E-state index contributed by atoms with van der Waals surface area (Å²) < 4.78 is 0. The van der Waals surface area contributed by atoms with Crippen LogP contribution in [0.3, 0.4) is 0 Å². The van der Waals surface area contributed by atoms with Crippen molar-refractivity contribution < 1.29 is 9.72 Å². The highest BCUT2D eigenvalue weighted by Gasteiger charge is 2.27. The Bertz CT molecular complexity index is 283. The number of carbonyl (C=O) groups excluding carboxylic acids is 1. The van der Waals surface area contributed by atoms with Gasteiger partial charge in [0.1, 0.15) is 5.78 Å². The Labute approximate surface area is 83.1 Å². The molecule has 0 saturated heterocycles. The molecule has 0 N–H and O–H groups in total. The first-order valence-corrected chi connectivity index (χ1v) is 4.85. The zero-order valence-corrected chi connectivity index (χ0v) is 8.53. The number of nitrogens with zero attached hydrogens (tertiary/aromatic N) is 1. The average molecular weight is 197 g/mol. The number of hydrogen-bond acceptors (Lipinski definition) is 3. The van der Waals surface area contributed by atoms with Gasteiger partial charge < -0.3 is 0 Å². The molecule has 0 aliphatic heterocycles. The number of rotatable bonds is 2. The van der Waals surface area contributed by atoms with Crippen LogP contribution in [0.15, 0.2) is 11.8 Å². The molecule has 1 aliphatic rings. The van der Waals surface area contributed by atoms with Crippen LogP contribution < -0.4 is 0 Å². The van der Waals surface area contributed by atoms with Gasteiger partial charge in [-0.2, -0.15) is 0 Å². The number of hydrogen-bond donors (Lipinski definition) is 0. The Morgan fingerprint density at radius 2 is 2.21 bits per heavy atom. The molecule has 1 fully saturated rings. The molecule has 0 aromatic heterocycles. The van der Waals surface area contributed by atoms with Gasteiger partial charge in [0, 0.05) is 17.9 Å². The molecular formula is C10H15NO3. The minimum absolute atomic E-state index is 0.0871. The molecule has 0 aromatic rings. The number of Topliss-reactive ketones (excluding diaryl/α,β-unsaturated/α-hetero) is 1. The first kappa shape index (κ1) is 10.9. The quantitative estimate of drug-likeness (QED) is 0.503. The normalized spacial score (nSPS) is 29.0. The van der Waals surface area contributed by atoms with Gasteiger partial charge in [0.15, 0.2) is 0 Å². The molecule has 1 aliphatic carbocycles. The van der Waals surface area contributed by atoms with Crippen molar-refractivity contribution in [2.75, 3.05) is 0 Å². The van der Waals surface area contributed by atoms with Gasteiger partial charge in [-0.05, 0) is 25.7 Å². The summed E-state index contributed by atoms with van der Waals surface area (Å²) in [4.78, 5) is 21.2. The third kappa shape index (κ3) is 2.65. The molecule has 4 heteroatoms. The predicted molar refractivity (Wildman–Crippen MR) is 52.3 cm³/mol. The van der Waals surface area contributed by atoms with Crippen LogP contribution in [0.2, 0.25) is 0 Å². The van der Waals surface area contributed by atoms with Crippen molar-refractivity contribution in [2.45, 2.75) is 33.1 Å². The van der Waals surface area contributed by atoms with E-state index in [0.29, 0.717) is 6.42 Å². The summed E-state index contributed by atoms with van der Waals surface area (Å²) in [7, 11) is 0. The largest absolute Gasteiger partial charge is 0.299 e. The number of carbonyl (C=O) groups is 1. The summed E-state index contributed by atoms with van der Waals surface area (Å²) in [6, 6.07) is 0. The van der Waals surface area contributed by atoms with E-state index in [-0.39, 0.29) is 17.6 Å². The van der Waals surface area contributed by atoms with Crippen LogP contribution in [-0.2, 0) is 4.79 Å². The fraction of sp³-hybridized carbons (Fsp3) is 0.700. The van der Waals surface area contributed by atoms with Crippen LogP contribution in [0.1, 0.15) is 33.1 Å². The number of nitro groups is 1. The van der Waals surface area contributed by atoms with Gasteiger partial charge in [-0.1, -0.05) is 6.92 Å². The second-order valence-corrected chi connectivity index (χ2v) is 4.00. The van der Waals surface area contributed by atoms with Gasteiger partial charge in [-0.15, -0.1) is 0 Å². The topological polar surface area (TPSA) is 60.2 Å². The maximum absolute atomic E-state index is 11.4. The van der Waals surface area contributed by atoms with Gasteiger partial charge in [-0.25, -0.2) is 0 Å². The maximum Gasteiger partial charge on any atom is 0.233 e. The Hall–Kier alpha value is -1.19. The van der Waals surface area contributed by atoms with Crippen LogP contribution in [0.4, 0.5) is 0 Å². The fourth-order valence-electron chi connectivity index (χ4n) is 1.82. The third-order valence-electron chi connectivity index (χ3n) is 2.90. The Morgan fingerprint density at radius 1 is 1.57 bits per heavy atom. The fourth-order valence-corrected chi connectivity index (χ4v) is 1.82. The zero-order chi connectivity index (χ0) is 10.7. The third-order valence-corrected chi connectivity index (χ3v) is 2.90. The summed E-state index contributed by atoms with van der Waals surface area (Å²) in [5, 5.41) is 10.2. The maximum atomic E-state index is 11.4. The molecule has 0 heterocycles. The molecule has 1 saturated carbocycles. The van der Waals surface area contributed by atoms with Crippen LogP contribution in [-0.4, -0.2) is 10.7 Å². The lowest BCUT2D eigenvalue weighted by Crippen LogP contribution is -2.23. The second kappa shape index (κ2) is 4.35. The molecular weight excluding hydrogens is 182 g/mol. The van der Waals surface area contributed by atoms with E-state index < -0.39 is 4.92 Å². The van der Waals surface area contributed by atoms with Crippen LogP contribution in [0.5, 0.6) is 0 Å². The zero-order valence-electron chi connectivity index (χ0n) is 8.53. The van der Waals surface area contributed by atoms with E-state index in [0.717, 1.165) is 24.6 Å². The highest BCUT2D eigenvalue weighted by Crippen LogP contribution is 2.30. The summed E-state index contributed by atoms with van der Waals surface area (Å²) in [6.45, 7) is 3.65. The highest BCUT2D eigenvalue weighted by molar-refractivity contribution is 5.81. The van der Waals surface area contributed by atoms with Gasteiger partial charge in [-0.3, -0.25) is 14.9 Å². The Balaban J connectivity index is 2.63. The molecule has 0 aromatic carbocycles. The first-order chi connectivity index (χ1) is 6.50. The molecule has 0 spiro atoms. The molecule has 0 bridgehead atoms. The molecule has 4 nitrogen and oxygen atoms in total. The van der Waals surface area contributed by atoms with Crippen molar-refractivity contribution in [2.24, 2.45) is 11.8 Å². The van der Waals surface area contributed by atoms with E-state index in [1.807, 2.05) is 6.92 Å². The van der Waals surface area contributed by atoms with Crippen molar-refractivity contribution >= 4 is 5.78 Å². The number of ketones is 1. The Kier molecular flexibility index (Phi) is 3.38. The van der Waals surface area contributed by atoms with Gasteiger partial charge >= 0.3 is 0 Å². The second-order valence-electron chi connectivity index (χ2n) is 4.00. The summed E-state index contributed by atoms with van der Waals surface area (Å²) in [5.41, 5.74) is 0.718. The van der Waals surface area contributed by atoms with E-state index >= 15 is 0 Å². The van der Waals surface area contributed by atoms with Crippen molar-refractivity contribution in [3.05, 3.63) is 21.9 Å². The molecule has 2 atom stereocenters. The van der Waals surface area contributed by atoms with Gasteiger partial charge in [0.25, 0.3) is 0 Å². The molecule has 0 unspecified atom stereocenters. The monoisotopic (exact) mass is 197 g/mol. The van der Waals surface area contributed by atoms with Gasteiger partial charge in [0.05, 0.1) is 4.92 Å². The molecule has 78 valence electrons. The lowest BCUT2D eigenvalue weighted by atomic mass is 9.79. The van der Waals surface area contributed by atoms with Crippen molar-refractivity contribution in [1.29, 1.82) is 0 Å². The molecule has 1 rings (SSSR count). The van der Waals surface area contributed by atoms with Crippen LogP contribution in [0, 0.1) is 22.0 Å². The highest BCUT2D eigenvalue weighted by atomic mass is 16.6.